The third kappa shape index (κ3) is 5.58. The van der Waals surface area contributed by atoms with Gasteiger partial charge in [0.15, 0.2) is 0 Å². The van der Waals surface area contributed by atoms with Crippen LogP contribution in [0.1, 0.15) is 49.2 Å². The van der Waals surface area contributed by atoms with Crippen molar-refractivity contribution in [2.75, 3.05) is 19.6 Å². The van der Waals surface area contributed by atoms with Crippen molar-refractivity contribution in [3.63, 3.8) is 0 Å². The van der Waals surface area contributed by atoms with Crippen LogP contribution in [0.4, 0.5) is 0 Å². The highest BCUT2D eigenvalue weighted by molar-refractivity contribution is 5.76. The molecule has 1 atom stereocenters. The maximum atomic E-state index is 12.5. The third-order valence-corrected chi connectivity index (χ3v) is 5.91. The van der Waals surface area contributed by atoms with Gasteiger partial charge in [-0.3, -0.25) is 9.69 Å². The van der Waals surface area contributed by atoms with Crippen molar-refractivity contribution in [3.05, 3.63) is 71.6 Å². The van der Waals surface area contributed by atoms with E-state index >= 15 is 0 Å². The number of aromatic nitrogens is 2. The molecule has 0 saturated carbocycles. The molecule has 2 heterocycles. The first kappa shape index (κ1) is 21.2. The van der Waals surface area contributed by atoms with Crippen LogP contribution in [0.2, 0.25) is 0 Å². The van der Waals surface area contributed by atoms with Gasteiger partial charge in [-0.25, -0.2) is 0 Å². The predicted octanol–water partition coefficient (Wildman–Crippen LogP) is 4.18. The number of benzene rings is 2. The van der Waals surface area contributed by atoms with Crippen molar-refractivity contribution in [3.8, 4) is 11.4 Å². The molecule has 1 aliphatic heterocycles. The number of likely N-dealkylation sites (tertiary alicyclic amines) is 1. The van der Waals surface area contributed by atoms with Gasteiger partial charge in [0.2, 0.25) is 17.6 Å². The molecule has 1 fully saturated rings. The largest absolute Gasteiger partial charge is 0.354 e. The smallest absolute Gasteiger partial charge is 0.227 e. The van der Waals surface area contributed by atoms with Crippen LogP contribution in [0, 0.1) is 0 Å². The molecule has 6 heteroatoms. The molecule has 2 aromatic carbocycles. The van der Waals surface area contributed by atoms with Crippen LogP contribution in [0.15, 0.2) is 59.1 Å². The van der Waals surface area contributed by atoms with Gasteiger partial charge < -0.3 is 9.84 Å². The van der Waals surface area contributed by atoms with E-state index in [4.69, 9.17) is 4.52 Å². The standard InChI is InChI=1S/C25H30N4O2/c1-2-19-10-12-21(13-11-19)25-27-24(31-28-25)15-14-23(30)26-18-22(29-16-6-7-17-29)20-8-4-3-5-9-20/h3-5,8-13,22H,2,6-7,14-18H2,1H3,(H,26,30)/t22-/m0/s1. The second kappa shape index (κ2) is 10.4. The van der Waals surface area contributed by atoms with E-state index < -0.39 is 0 Å². The minimum absolute atomic E-state index is 0.00665. The summed E-state index contributed by atoms with van der Waals surface area (Å²) in [6.07, 6.45) is 4.20. The molecule has 31 heavy (non-hydrogen) atoms. The van der Waals surface area contributed by atoms with Crippen molar-refractivity contribution < 1.29 is 9.32 Å². The van der Waals surface area contributed by atoms with Gasteiger partial charge in [0.05, 0.1) is 6.04 Å². The number of carbonyl (C=O) groups is 1. The van der Waals surface area contributed by atoms with Crippen LogP contribution in [0.3, 0.4) is 0 Å². The maximum absolute atomic E-state index is 12.5. The second-order valence-electron chi connectivity index (χ2n) is 8.04. The molecule has 1 N–H and O–H groups in total. The Labute approximate surface area is 183 Å². The molecule has 0 bridgehead atoms. The van der Waals surface area contributed by atoms with Crippen molar-refractivity contribution in [2.45, 2.75) is 45.1 Å². The number of aryl methyl sites for hydroxylation is 2. The minimum Gasteiger partial charge on any atom is -0.354 e. The third-order valence-electron chi connectivity index (χ3n) is 5.91. The molecule has 0 aliphatic carbocycles. The molecule has 1 aliphatic rings. The lowest BCUT2D eigenvalue weighted by Crippen LogP contribution is -2.36. The number of nitrogens with zero attached hydrogens (tertiary/aromatic N) is 3. The van der Waals surface area contributed by atoms with Crippen LogP contribution >= 0.6 is 0 Å². The molecule has 1 saturated heterocycles. The average molecular weight is 419 g/mol. The predicted molar refractivity (Wildman–Crippen MR) is 120 cm³/mol. The van der Waals surface area contributed by atoms with Crippen LogP contribution in [0.5, 0.6) is 0 Å². The first-order chi connectivity index (χ1) is 15.2. The van der Waals surface area contributed by atoms with Gasteiger partial charge in [-0.1, -0.05) is 66.7 Å². The van der Waals surface area contributed by atoms with Crippen LogP contribution < -0.4 is 5.32 Å². The lowest BCUT2D eigenvalue weighted by Gasteiger charge is -2.28. The molecular formula is C25H30N4O2. The summed E-state index contributed by atoms with van der Waals surface area (Å²) < 4.78 is 5.35. The highest BCUT2D eigenvalue weighted by atomic mass is 16.5. The number of nitrogens with one attached hydrogen (secondary N) is 1. The number of rotatable bonds is 9. The first-order valence-corrected chi connectivity index (χ1v) is 11.2. The average Bonchev–Trinajstić information content (AvgIpc) is 3.51. The Kier molecular flexibility index (Phi) is 7.10. The monoisotopic (exact) mass is 418 g/mol. The van der Waals surface area contributed by atoms with Crippen LogP contribution in [-0.2, 0) is 17.6 Å². The SMILES string of the molecule is CCc1ccc(-c2noc(CCC(=O)NC[C@@H](c3ccccc3)N3CCCC3)n2)cc1. The summed E-state index contributed by atoms with van der Waals surface area (Å²) in [5, 5.41) is 7.17. The quantitative estimate of drug-likeness (QED) is 0.564. The summed E-state index contributed by atoms with van der Waals surface area (Å²) in [5.74, 6) is 1.06. The fraction of sp³-hybridized carbons (Fsp3) is 0.400. The van der Waals surface area contributed by atoms with E-state index in [2.05, 4.69) is 63.7 Å². The van der Waals surface area contributed by atoms with Crippen molar-refractivity contribution in [2.24, 2.45) is 0 Å². The minimum atomic E-state index is 0.00665. The molecule has 0 unspecified atom stereocenters. The Hall–Kier alpha value is -2.99. The van der Waals surface area contributed by atoms with Gasteiger partial charge in [-0.2, -0.15) is 4.98 Å². The summed E-state index contributed by atoms with van der Waals surface area (Å²) in [4.78, 5) is 19.4. The first-order valence-electron chi connectivity index (χ1n) is 11.2. The molecule has 6 nitrogen and oxygen atoms in total. The normalized spacial score (nSPS) is 15.1. The Morgan fingerprint density at radius 3 is 2.55 bits per heavy atom. The Morgan fingerprint density at radius 1 is 1.10 bits per heavy atom. The summed E-state index contributed by atoms with van der Waals surface area (Å²) in [6, 6.07) is 18.8. The van der Waals surface area contributed by atoms with E-state index in [1.807, 2.05) is 18.2 Å². The van der Waals surface area contributed by atoms with E-state index in [0.717, 1.165) is 25.1 Å². The highest BCUT2D eigenvalue weighted by Gasteiger charge is 2.23. The van der Waals surface area contributed by atoms with Crippen molar-refractivity contribution in [1.82, 2.24) is 20.4 Å². The molecule has 1 amide bonds. The molecule has 3 aromatic rings. The fourth-order valence-electron chi connectivity index (χ4n) is 4.07. The zero-order chi connectivity index (χ0) is 21.5. The van der Waals surface area contributed by atoms with E-state index in [1.165, 1.54) is 24.0 Å². The number of carbonyl (C=O) groups excluding carboxylic acids is 1. The molecule has 0 spiro atoms. The van der Waals surface area contributed by atoms with Gasteiger partial charge in [0, 0.05) is 24.9 Å². The van der Waals surface area contributed by atoms with E-state index in [-0.39, 0.29) is 11.9 Å². The zero-order valence-corrected chi connectivity index (χ0v) is 18.1. The van der Waals surface area contributed by atoms with Gasteiger partial charge >= 0.3 is 0 Å². The van der Waals surface area contributed by atoms with Gasteiger partial charge in [0.25, 0.3) is 0 Å². The van der Waals surface area contributed by atoms with Gasteiger partial charge in [0.1, 0.15) is 0 Å². The summed E-state index contributed by atoms with van der Waals surface area (Å²) in [6.45, 7) is 4.90. The second-order valence-corrected chi connectivity index (χ2v) is 8.04. The summed E-state index contributed by atoms with van der Waals surface area (Å²) in [7, 11) is 0. The van der Waals surface area contributed by atoms with Crippen molar-refractivity contribution >= 4 is 5.91 Å². The van der Waals surface area contributed by atoms with Crippen molar-refractivity contribution in [1.29, 1.82) is 0 Å². The van der Waals surface area contributed by atoms with Gasteiger partial charge in [-0.15, -0.1) is 0 Å². The maximum Gasteiger partial charge on any atom is 0.227 e. The van der Waals surface area contributed by atoms with E-state index in [0.29, 0.717) is 31.1 Å². The Balaban J connectivity index is 1.30. The fourth-order valence-corrected chi connectivity index (χ4v) is 4.07. The van der Waals surface area contributed by atoms with E-state index in [1.54, 1.807) is 0 Å². The highest BCUT2D eigenvalue weighted by Crippen LogP contribution is 2.24. The Bertz CT molecular complexity index is 963. The Morgan fingerprint density at radius 2 is 1.84 bits per heavy atom. The molecule has 1 aromatic heterocycles. The molecular weight excluding hydrogens is 388 g/mol. The summed E-state index contributed by atoms with van der Waals surface area (Å²) in [5.41, 5.74) is 3.44. The summed E-state index contributed by atoms with van der Waals surface area (Å²) >= 11 is 0. The van der Waals surface area contributed by atoms with Gasteiger partial charge in [-0.05, 0) is 43.5 Å². The zero-order valence-electron chi connectivity index (χ0n) is 18.1. The number of amides is 1. The lowest BCUT2D eigenvalue weighted by molar-refractivity contribution is -0.121. The molecule has 0 radical (unpaired) electrons. The number of hydrogen-bond donors (Lipinski definition) is 1. The lowest BCUT2D eigenvalue weighted by atomic mass is 10.1. The topological polar surface area (TPSA) is 71.3 Å². The molecule has 162 valence electrons. The van der Waals surface area contributed by atoms with Crippen LogP contribution in [0.25, 0.3) is 11.4 Å². The number of hydrogen-bond acceptors (Lipinski definition) is 5. The van der Waals surface area contributed by atoms with E-state index in [9.17, 15) is 4.79 Å². The van der Waals surface area contributed by atoms with Crippen LogP contribution in [-0.4, -0.2) is 40.6 Å². The molecule has 4 rings (SSSR count).